The Bertz CT molecular complexity index is 411. The second kappa shape index (κ2) is 5.74. The molecule has 1 unspecified atom stereocenters. The van der Waals surface area contributed by atoms with Gasteiger partial charge in [-0.05, 0) is 33.6 Å². The molecule has 0 saturated carbocycles. The number of alkyl halides is 1. The number of piperidine rings is 1. The van der Waals surface area contributed by atoms with Crippen molar-refractivity contribution in [3.63, 3.8) is 0 Å². The SMILES string of the molecule is Cc1cc(OC(C)C)nc(N2CCCC(Cl)C2)n1. The number of aromatic nitrogens is 2. The first-order valence-electron chi connectivity index (χ1n) is 6.46. The zero-order chi connectivity index (χ0) is 13.1. The van der Waals surface area contributed by atoms with E-state index in [1.54, 1.807) is 0 Å². The molecule has 0 amide bonds. The summed E-state index contributed by atoms with van der Waals surface area (Å²) in [7, 11) is 0. The van der Waals surface area contributed by atoms with Crippen LogP contribution in [0.1, 0.15) is 32.4 Å². The van der Waals surface area contributed by atoms with Crippen molar-refractivity contribution in [3.05, 3.63) is 11.8 Å². The van der Waals surface area contributed by atoms with Gasteiger partial charge >= 0.3 is 0 Å². The van der Waals surface area contributed by atoms with Crippen LogP contribution in [-0.4, -0.2) is 34.5 Å². The molecule has 0 spiro atoms. The topological polar surface area (TPSA) is 38.2 Å². The molecule has 0 bridgehead atoms. The molecule has 1 fully saturated rings. The summed E-state index contributed by atoms with van der Waals surface area (Å²) in [6.07, 6.45) is 2.28. The molecule has 1 aromatic heterocycles. The van der Waals surface area contributed by atoms with Crippen molar-refractivity contribution in [1.82, 2.24) is 9.97 Å². The van der Waals surface area contributed by atoms with Gasteiger partial charge in [0.15, 0.2) is 0 Å². The molecule has 1 aromatic rings. The molecule has 1 atom stereocenters. The standard InChI is InChI=1S/C13H20ClN3O/c1-9(2)18-12-7-10(3)15-13(16-12)17-6-4-5-11(14)8-17/h7,9,11H,4-6,8H2,1-3H3. The maximum Gasteiger partial charge on any atom is 0.228 e. The maximum absolute atomic E-state index is 6.20. The third-order valence-electron chi connectivity index (χ3n) is 2.82. The van der Waals surface area contributed by atoms with Crippen molar-refractivity contribution in [2.45, 2.75) is 45.1 Å². The van der Waals surface area contributed by atoms with E-state index in [-0.39, 0.29) is 11.5 Å². The lowest BCUT2D eigenvalue weighted by Crippen LogP contribution is -2.37. The van der Waals surface area contributed by atoms with E-state index in [9.17, 15) is 0 Å². The first-order valence-corrected chi connectivity index (χ1v) is 6.89. The van der Waals surface area contributed by atoms with Gasteiger partial charge in [-0.15, -0.1) is 11.6 Å². The van der Waals surface area contributed by atoms with Gasteiger partial charge in [0.2, 0.25) is 11.8 Å². The van der Waals surface area contributed by atoms with E-state index in [4.69, 9.17) is 16.3 Å². The number of hydrogen-bond acceptors (Lipinski definition) is 4. The summed E-state index contributed by atoms with van der Waals surface area (Å²) in [5.41, 5.74) is 0.923. The molecule has 1 aliphatic heterocycles. The van der Waals surface area contributed by atoms with Crippen LogP contribution in [0.4, 0.5) is 5.95 Å². The number of rotatable bonds is 3. The minimum atomic E-state index is 0.120. The van der Waals surface area contributed by atoms with Crippen LogP contribution in [-0.2, 0) is 0 Å². The van der Waals surface area contributed by atoms with Crippen molar-refractivity contribution in [2.24, 2.45) is 0 Å². The molecule has 5 heteroatoms. The highest BCUT2D eigenvalue weighted by atomic mass is 35.5. The average molecular weight is 270 g/mol. The maximum atomic E-state index is 6.20. The van der Waals surface area contributed by atoms with Gasteiger partial charge in [-0.1, -0.05) is 0 Å². The van der Waals surface area contributed by atoms with Gasteiger partial charge in [0.05, 0.1) is 11.5 Å². The van der Waals surface area contributed by atoms with Crippen LogP contribution in [0, 0.1) is 6.92 Å². The minimum absolute atomic E-state index is 0.120. The number of nitrogens with zero attached hydrogens (tertiary/aromatic N) is 3. The fourth-order valence-corrected chi connectivity index (χ4v) is 2.40. The number of hydrogen-bond donors (Lipinski definition) is 0. The Morgan fingerprint density at radius 1 is 1.44 bits per heavy atom. The lowest BCUT2D eigenvalue weighted by molar-refractivity contribution is 0.232. The summed E-state index contributed by atoms with van der Waals surface area (Å²) in [4.78, 5) is 11.1. The highest BCUT2D eigenvalue weighted by Gasteiger charge is 2.20. The summed E-state index contributed by atoms with van der Waals surface area (Å²) in [5.74, 6) is 1.38. The largest absolute Gasteiger partial charge is 0.475 e. The number of anilines is 1. The van der Waals surface area contributed by atoms with Crippen LogP contribution >= 0.6 is 11.6 Å². The minimum Gasteiger partial charge on any atom is -0.475 e. The van der Waals surface area contributed by atoms with Crippen LogP contribution < -0.4 is 9.64 Å². The predicted octanol–water partition coefficient (Wildman–Crippen LogP) is 2.78. The molecule has 4 nitrogen and oxygen atoms in total. The number of halogens is 1. The highest BCUT2D eigenvalue weighted by molar-refractivity contribution is 6.21. The Balaban J connectivity index is 2.18. The molecule has 0 aromatic carbocycles. The van der Waals surface area contributed by atoms with E-state index in [1.165, 1.54) is 0 Å². The van der Waals surface area contributed by atoms with Crippen LogP contribution in [0.15, 0.2) is 6.07 Å². The lowest BCUT2D eigenvalue weighted by atomic mass is 10.1. The molecular weight excluding hydrogens is 250 g/mol. The van der Waals surface area contributed by atoms with Crippen molar-refractivity contribution < 1.29 is 4.74 Å². The molecule has 0 radical (unpaired) electrons. The Morgan fingerprint density at radius 2 is 2.22 bits per heavy atom. The van der Waals surface area contributed by atoms with Gasteiger partial charge in [-0.2, -0.15) is 4.98 Å². The zero-order valence-electron chi connectivity index (χ0n) is 11.2. The Hall–Kier alpha value is -1.03. The quantitative estimate of drug-likeness (QED) is 0.791. The van der Waals surface area contributed by atoms with Crippen molar-refractivity contribution in [3.8, 4) is 5.88 Å². The summed E-state index contributed by atoms with van der Waals surface area (Å²) in [6.45, 7) is 7.72. The van der Waals surface area contributed by atoms with Gasteiger partial charge in [-0.25, -0.2) is 4.98 Å². The molecule has 1 aliphatic rings. The molecule has 0 N–H and O–H groups in total. The lowest BCUT2D eigenvalue weighted by Gasteiger charge is -2.30. The van der Waals surface area contributed by atoms with Crippen LogP contribution in [0.2, 0.25) is 0 Å². The second-order valence-corrected chi connectivity index (χ2v) is 5.62. The smallest absolute Gasteiger partial charge is 0.228 e. The Morgan fingerprint density at radius 3 is 2.89 bits per heavy atom. The molecule has 1 saturated heterocycles. The van der Waals surface area contributed by atoms with Crippen LogP contribution in [0.3, 0.4) is 0 Å². The number of ether oxygens (including phenoxy) is 1. The third kappa shape index (κ3) is 3.48. The molecular formula is C13H20ClN3O. The van der Waals surface area contributed by atoms with E-state index < -0.39 is 0 Å². The van der Waals surface area contributed by atoms with E-state index in [2.05, 4.69) is 14.9 Å². The van der Waals surface area contributed by atoms with Crippen LogP contribution in [0.25, 0.3) is 0 Å². The first-order chi connectivity index (χ1) is 8.54. The van der Waals surface area contributed by atoms with E-state index in [0.29, 0.717) is 5.88 Å². The van der Waals surface area contributed by atoms with E-state index in [1.807, 2.05) is 26.8 Å². The summed E-state index contributed by atoms with van der Waals surface area (Å²) >= 11 is 6.20. The first kappa shape index (κ1) is 13.4. The van der Waals surface area contributed by atoms with Gasteiger partial charge in [-0.3, -0.25) is 0 Å². The summed E-state index contributed by atoms with van der Waals surface area (Å²) < 4.78 is 5.64. The third-order valence-corrected chi connectivity index (χ3v) is 3.18. The second-order valence-electron chi connectivity index (χ2n) is 5.00. The van der Waals surface area contributed by atoms with Gasteiger partial charge in [0.1, 0.15) is 0 Å². The monoisotopic (exact) mass is 269 g/mol. The molecule has 18 heavy (non-hydrogen) atoms. The summed E-state index contributed by atoms with van der Waals surface area (Å²) in [6, 6.07) is 1.87. The number of aryl methyl sites for hydroxylation is 1. The van der Waals surface area contributed by atoms with Gasteiger partial charge in [0, 0.05) is 24.8 Å². The van der Waals surface area contributed by atoms with Crippen molar-refractivity contribution >= 4 is 17.5 Å². The average Bonchev–Trinajstić information content (AvgIpc) is 2.27. The zero-order valence-corrected chi connectivity index (χ0v) is 11.9. The molecule has 2 rings (SSSR count). The fraction of sp³-hybridized carbons (Fsp3) is 0.692. The molecule has 2 heterocycles. The van der Waals surface area contributed by atoms with Gasteiger partial charge < -0.3 is 9.64 Å². The van der Waals surface area contributed by atoms with Crippen molar-refractivity contribution in [1.29, 1.82) is 0 Å². The Labute approximate surface area is 113 Å². The van der Waals surface area contributed by atoms with Crippen LogP contribution in [0.5, 0.6) is 5.88 Å². The normalized spacial score (nSPS) is 20.3. The summed E-state index contributed by atoms with van der Waals surface area (Å²) in [5, 5.41) is 0.192. The fourth-order valence-electron chi connectivity index (χ4n) is 2.07. The van der Waals surface area contributed by atoms with E-state index >= 15 is 0 Å². The molecule has 0 aliphatic carbocycles. The highest BCUT2D eigenvalue weighted by Crippen LogP contribution is 2.22. The molecule has 100 valence electrons. The van der Waals surface area contributed by atoms with Crippen molar-refractivity contribution in [2.75, 3.05) is 18.0 Å². The van der Waals surface area contributed by atoms with E-state index in [0.717, 1.165) is 37.6 Å². The Kier molecular flexibility index (Phi) is 4.27. The van der Waals surface area contributed by atoms with Gasteiger partial charge in [0.25, 0.3) is 0 Å². The predicted molar refractivity (Wildman–Crippen MR) is 73.6 cm³/mol.